The molecule has 0 bridgehead atoms. The Hall–Kier alpha value is -1.64. The van der Waals surface area contributed by atoms with E-state index in [4.69, 9.17) is 0 Å². The van der Waals surface area contributed by atoms with Gasteiger partial charge in [0.05, 0.1) is 11.4 Å². The molecular formula is C9H12N2O. The molecule has 0 radical (unpaired) electrons. The lowest BCUT2D eigenvalue weighted by molar-refractivity contribution is 1.04. The summed E-state index contributed by atoms with van der Waals surface area (Å²) >= 11 is 0. The molecule has 0 aliphatic carbocycles. The van der Waals surface area contributed by atoms with Gasteiger partial charge < -0.3 is 4.98 Å². The van der Waals surface area contributed by atoms with Gasteiger partial charge in [-0.3, -0.25) is 4.79 Å². The van der Waals surface area contributed by atoms with Crippen LogP contribution < -0.4 is 5.56 Å². The summed E-state index contributed by atoms with van der Waals surface area (Å²) in [7, 11) is 0. The molecule has 0 saturated carbocycles. The summed E-state index contributed by atoms with van der Waals surface area (Å²) in [6.07, 6.45) is 3.13. The predicted octanol–water partition coefficient (Wildman–Crippen LogP) is 1.61. The van der Waals surface area contributed by atoms with Crippen molar-refractivity contribution in [1.29, 1.82) is 0 Å². The molecule has 3 nitrogen and oxygen atoms in total. The molecule has 64 valence electrons. The highest BCUT2D eigenvalue weighted by atomic mass is 16.1. The summed E-state index contributed by atoms with van der Waals surface area (Å²) in [6.45, 7) is 8.78. The van der Waals surface area contributed by atoms with Crippen LogP contribution in [0.4, 0.5) is 0 Å². The van der Waals surface area contributed by atoms with Crippen LogP contribution in [0.25, 0.3) is 12.2 Å². The van der Waals surface area contributed by atoms with Crippen molar-refractivity contribution in [3.05, 3.63) is 40.6 Å². The molecule has 0 spiro atoms. The Morgan fingerprint density at radius 2 is 2.17 bits per heavy atom. The molecule has 1 heterocycles. The Morgan fingerprint density at radius 3 is 2.67 bits per heavy atom. The van der Waals surface area contributed by atoms with E-state index in [0.717, 1.165) is 0 Å². The fraction of sp³-hybridized carbons (Fsp3) is 0.111. The van der Waals surface area contributed by atoms with Crippen LogP contribution in [-0.2, 0) is 0 Å². The summed E-state index contributed by atoms with van der Waals surface area (Å²) in [5.74, 6) is 0. The van der Waals surface area contributed by atoms with E-state index < -0.39 is 0 Å². The monoisotopic (exact) mass is 164 g/mol. The zero-order valence-corrected chi connectivity index (χ0v) is 6.92. The largest absolute Gasteiger partial charge is 0.319 e. The van der Waals surface area contributed by atoms with Crippen LogP contribution in [0.3, 0.4) is 0 Å². The molecule has 0 amide bonds. The lowest BCUT2D eigenvalue weighted by Crippen LogP contribution is -2.14. The van der Waals surface area contributed by atoms with Crippen molar-refractivity contribution in [2.75, 3.05) is 0 Å². The molecule has 1 N–H and O–H groups in total. The normalized spacial score (nSPS) is 9.42. The van der Waals surface area contributed by atoms with Gasteiger partial charge in [-0.15, -0.1) is 0 Å². The molecule has 12 heavy (non-hydrogen) atoms. The topological polar surface area (TPSA) is 45.8 Å². The highest BCUT2D eigenvalue weighted by molar-refractivity contribution is 5.56. The number of aromatic amines is 1. The summed E-state index contributed by atoms with van der Waals surface area (Å²) in [5.41, 5.74) is 1.52. The second-order valence-corrected chi connectivity index (χ2v) is 2.36. The molecule has 3 heteroatoms. The number of nitrogens with one attached hydrogen (secondary N) is 1. The lowest BCUT2D eigenvalue weighted by atomic mass is 10.3. The maximum atomic E-state index is 11.1. The van der Waals surface area contributed by atoms with Gasteiger partial charge >= 0.3 is 0 Å². The number of aryl methyl sites for hydroxylation is 1. The fourth-order valence-corrected chi connectivity index (χ4v) is 0.880. The molecule has 0 aromatic carbocycles. The molecule has 0 aliphatic rings. The molecule has 0 atom stereocenters. The van der Waals surface area contributed by atoms with Crippen LogP contribution in [0, 0.1) is 6.92 Å². The van der Waals surface area contributed by atoms with Crippen LogP contribution >= 0.6 is 0 Å². The maximum absolute atomic E-state index is 11.1. The minimum atomic E-state index is -0.185. The van der Waals surface area contributed by atoms with E-state index in [9.17, 15) is 4.79 Å². The number of nitrogens with zero attached hydrogens (tertiary/aromatic N) is 1. The van der Waals surface area contributed by atoms with E-state index >= 15 is 0 Å². The van der Waals surface area contributed by atoms with Crippen LogP contribution in [0.1, 0.15) is 18.5 Å². The summed E-state index contributed by atoms with van der Waals surface area (Å²) in [6, 6.07) is 0. The van der Waals surface area contributed by atoms with Gasteiger partial charge in [-0.1, -0.05) is 13.2 Å². The average molecular weight is 164 g/mol. The number of H-pyrrole nitrogens is 1. The Labute approximate surface area is 72.0 Å². The standard InChI is InChI=1S/C9H10N2O.H2/c1-4-7-8(5-2)11-9(12)6(3)10-7;/h4-5H,1-2H2,3H3,(H,11,12);1H. The van der Waals surface area contributed by atoms with Crippen LogP contribution in [0.5, 0.6) is 0 Å². The van der Waals surface area contributed by atoms with Crippen molar-refractivity contribution < 1.29 is 1.43 Å². The second kappa shape index (κ2) is 3.17. The van der Waals surface area contributed by atoms with Crippen LogP contribution in [0.2, 0.25) is 0 Å². The first kappa shape index (κ1) is 8.46. The molecular weight excluding hydrogens is 152 g/mol. The summed E-state index contributed by atoms with van der Waals surface area (Å²) in [5, 5.41) is 0. The van der Waals surface area contributed by atoms with Crippen molar-refractivity contribution in [1.82, 2.24) is 9.97 Å². The van der Waals surface area contributed by atoms with Gasteiger partial charge in [0.1, 0.15) is 5.69 Å². The minimum Gasteiger partial charge on any atom is -0.319 e. The Morgan fingerprint density at radius 1 is 1.50 bits per heavy atom. The molecule has 0 fully saturated rings. The first-order chi connectivity index (χ1) is 5.69. The maximum Gasteiger partial charge on any atom is 0.269 e. The van der Waals surface area contributed by atoms with E-state index in [1.54, 1.807) is 19.1 Å². The number of hydrogen-bond donors (Lipinski definition) is 1. The number of aromatic nitrogens is 2. The zero-order chi connectivity index (χ0) is 9.14. The van der Waals surface area contributed by atoms with E-state index in [0.29, 0.717) is 17.1 Å². The molecule has 0 aliphatic heterocycles. The third kappa shape index (κ3) is 1.34. The average Bonchev–Trinajstić information content (AvgIpc) is 2.09. The van der Waals surface area contributed by atoms with E-state index in [-0.39, 0.29) is 6.99 Å². The Balaban J connectivity index is 0.00000144. The SMILES string of the molecule is C=Cc1nc(C)c(=O)[nH]c1C=C.[HH]. The van der Waals surface area contributed by atoms with Gasteiger partial charge in [-0.05, 0) is 19.1 Å². The molecule has 0 saturated heterocycles. The van der Waals surface area contributed by atoms with Crippen LogP contribution in [-0.4, -0.2) is 9.97 Å². The van der Waals surface area contributed by atoms with Gasteiger partial charge in [-0.2, -0.15) is 0 Å². The molecule has 0 unspecified atom stereocenters. The quantitative estimate of drug-likeness (QED) is 0.721. The highest BCUT2D eigenvalue weighted by Crippen LogP contribution is 2.03. The smallest absolute Gasteiger partial charge is 0.269 e. The first-order valence-electron chi connectivity index (χ1n) is 3.55. The third-order valence-corrected chi connectivity index (χ3v) is 1.54. The first-order valence-corrected chi connectivity index (χ1v) is 3.55. The van der Waals surface area contributed by atoms with Crippen molar-refractivity contribution in [3.63, 3.8) is 0 Å². The Kier molecular flexibility index (Phi) is 2.24. The number of rotatable bonds is 2. The van der Waals surface area contributed by atoms with E-state index in [1.807, 2.05) is 0 Å². The van der Waals surface area contributed by atoms with Gasteiger partial charge in [0.15, 0.2) is 0 Å². The van der Waals surface area contributed by atoms with E-state index in [1.165, 1.54) is 0 Å². The number of hydrogen-bond acceptors (Lipinski definition) is 2. The highest BCUT2D eigenvalue weighted by Gasteiger charge is 2.00. The lowest BCUT2D eigenvalue weighted by Gasteiger charge is -1.99. The fourth-order valence-electron chi connectivity index (χ4n) is 0.880. The van der Waals surface area contributed by atoms with Crippen molar-refractivity contribution in [2.24, 2.45) is 0 Å². The second-order valence-electron chi connectivity index (χ2n) is 2.36. The summed E-state index contributed by atoms with van der Waals surface area (Å²) in [4.78, 5) is 17.7. The van der Waals surface area contributed by atoms with Gasteiger partial charge in [-0.25, -0.2) is 4.98 Å². The molecule has 1 aromatic rings. The minimum absolute atomic E-state index is 0. The molecule has 1 rings (SSSR count). The molecule has 1 aromatic heterocycles. The van der Waals surface area contributed by atoms with Crippen molar-refractivity contribution in [3.8, 4) is 0 Å². The summed E-state index contributed by atoms with van der Waals surface area (Å²) < 4.78 is 0. The zero-order valence-electron chi connectivity index (χ0n) is 6.92. The van der Waals surface area contributed by atoms with Crippen LogP contribution in [0.15, 0.2) is 18.0 Å². The van der Waals surface area contributed by atoms with Gasteiger partial charge in [0, 0.05) is 1.43 Å². The van der Waals surface area contributed by atoms with Gasteiger partial charge in [0.2, 0.25) is 0 Å². The predicted molar refractivity (Wildman–Crippen MR) is 51.9 cm³/mol. The Bertz CT molecular complexity index is 382. The third-order valence-electron chi connectivity index (χ3n) is 1.54. The van der Waals surface area contributed by atoms with Gasteiger partial charge in [0.25, 0.3) is 5.56 Å². The van der Waals surface area contributed by atoms with E-state index in [2.05, 4.69) is 23.1 Å². The van der Waals surface area contributed by atoms with Crippen molar-refractivity contribution >= 4 is 12.2 Å². The van der Waals surface area contributed by atoms with Crippen molar-refractivity contribution in [2.45, 2.75) is 6.92 Å².